The predicted octanol–water partition coefficient (Wildman–Crippen LogP) is 4.31. The Morgan fingerprint density at radius 1 is 0.903 bits per heavy atom. The quantitative estimate of drug-likeness (QED) is 0.217. The molecule has 166 valence electrons. The van der Waals surface area contributed by atoms with Crippen molar-refractivity contribution in [1.82, 2.24) is 0 Å². The Labute approximate surface area is 180 Å². The summed E-state index contributed by atoms with van der Waals surface area (Å²) in [5, 5.41) is 0.661. The second-order valence-electron chi connectivity index (χ2n) is 5.95. The highest BCUT2D eigenvalue weighted by Crippen LogP contribution is 2.52. The van der Waals surface area contributed by atoms with Gasteiger partial charge in [-0.25, -0.2) is 9.59 Å². The Morgan fingerprint density at radius 2 is 1.52 bits per heavy atom. The van der Waals surface area contributed by atoms with Crippen LogP contribution in [0, 0.1) is 0 Å². The van der Waals surface area contributed by atoms with Crippen molar-refractivity contribution in [2.24, 2.45) is 0 Å². The van der Waals surface area contributed by atoms with E-state index in [9.17, 15) is 14.2 Å². The van der Waals surface area contributed by atoms with Crippen molar-refractivity contribution in [3.63, 3.8) is 0 Å². The highest BCUT2D eigenvalue weighted by molar-refractivity contribution is 7.62. The molecule has 0 atom stereocenters. The molecule has 0 unspecified atom stereocenters. The molecule has 8 nitrogen and oxygen atoms in total. The van der Waals surface area contributed by atoms with Gasteiger partial charge in [0, 0.05) is 29.0 Å². The molecule has 0 amide bonds. The molecular weight excluding hydrogens is 423 g/mol. The average Bonchev–Trinajstić information content (AvgIpc) is 2.75. The van der Waals surface area contributed by atoms with E-state index in [0.717, 1.165) is 12.2 Å². The smallest absolute Gasteiger partial charge is 0.365 e. The molecule has 2 rings (SSSR count). The minimum Gasteiger partial charge on any atom is -0.494 e. The van der Waals surface area contributed by atoms with Gasteiger partial charge in [-0.2, -0.15) is 0 Å². The molecule has 0 heterocycles. The van der Waals surface area contributed by atoms with Crippen LogP contribution in [0.15, 0.2) is 49.6 Å². The molecule has 0 spiro atoms. The molecule has 0 aromatic heterocycles. The molecule has 0 bridgehead atoms. The van der Waals surface area contributed by atoms with E-state index in [1.807, 2.05) is 6.92 Å². The minimum absolute atomic E-state index is 0.0495. The second-order valence-corrected chi connectivity index (χ2v) is 7.94. The summed E-state index contributed by atoms with van der Waals surface area (Å²) < 4.78 is 40.8. The van der Waals surface area contributed by atoms with Gasteiger partial charge in [0.2, 0.25) is 0 Å². The third kappa shape index (κ3) is 5.61. The van der Waals surface area contributed by atoms with E-state index in [1.54, 1.807) is 32.0 Å². The maximum Gasteiger partial charge on any atom is 0.365 e. The summed E-state index contributed by atoms with van der Waals surface area (Å²) in [5.74, 6) is -1.00. The van der Waals surface area contributed by atoms with Crippen molar-refractivity contribution in [3.05, 3.63) is 49.6 Å². The number of esters is 2. The summed E-state index contributed by atoms with van der Waals surface area (Å²) in [7, 11) is -3.94. The number of hydrogen-bond acceptors (Lipinski definition) is 8. The van der Waals surface area contributed by atoms with Crippen molar-refractivity contribution in [2.45, 2.75) is 20.8 Å². The van der Waals surface area contributed by atoms with Gasteiger partial charge in [-0.1, -0.05) is 13.2 Å². The van der Waals surface area contributed by atoms with Crippen LogP contribution in [-0.2, 0) is 23.2 Å². The Hall–Kier alpha value is -2.93. The van der Waals surface area contributed by atoms with Gasteiger partial charge in [0.05, 0.1) is 19.8 Å². The zero-order valence-corrected chi connectivity index (χ0v) is 18.6. The van der Waals surface area contributed by atoms with Crippen molar-refractivity contribution < 1.29 is 37.4 Å². The summed E-state index contributed by atoms with van der Waals surface area (Å²) >= 11 is 0. The highest BCUT2D eigenvalue weighted by Gasteiger charge is 2.34. The maximum absolute atomic E-state index is 13.6. The second kappa shape index (κ2) is 10.9. The number of ether oxygens (including phenoxy) is 3. The molecule has 31 heavy (non-hydrogen) atoms. The lowest BCUT2D eigenvalue weighted by Crippen LogP contribution is -2.18. The van der Waals surface area contributed by atoms with Crippen LogP contribution in [0.3, 0.4) is 0 Å². The lowest BCUT2D eigenvalue weighted by atomic mass is 10.1. The molecular formula is C22H25O8P. The lowest BCUT2D eigenvalue weighted by Gasteiger charge is -2.22. The largest absolute Gasteiger partial charge is 0.494 e. The van der Waals surface area contributed by atoms with Gasteiger partial charge >= 0.3 is 19.5 Å². The van der Waals surface area contributed by atoms with Crippen molar-refractivity contribution >= 4 is 35.6 Å². The zero-order valence-electron chi connectivity index (χ0n) is 17.7. The van der Waals surface area contributed by atoms with E-state index >= 15 is 0 Å². The number of fused-ring (bicyclic) bond motifs is 1. The molecule has 0 radical (unpaired) electrons. The summed E-state index contributed by atoms with van der Waals surface area (Å²) in [4.78, 5) is 24.0. The van der Waals surface area contributed by atoms with Crippen LogP contribution in [0.5, 0.6) is 17.2 Å². The fraction of sp³-hybridized carbons (Fsp3) is 0.273. The Balaban J connectivity index is 2.93. The predicted molar refractivity (Wildman–Crippen MR) is 117 cm³/mol. The fourth-order valence-corrected chi connectivity index (χ4v) is 4.51. The van der Waals surface area contributed by atoms with Crippen molar-refractivity contribution in [2.75, 3.05) is 19.8 Å². The SMILES string of the molecule is C=CC(=O)Oc1cc(P(=O)(OCC)OCC)c(OC(=O)C=C)c2ccc(OCC)cc12. The van der Waals surface area contributed by atoms with E-state index in [4.69, 9.17) is 23.3 Å². The normalized spacial score (nSPS) is 11.1. The number of benzene rings is 2. The van der Waals surface area contributed by atoms with Crippen LogP contribution in [0.1, 0.15) is 20.8 Å². The van der Waals surface area contributed by atoms with Crippen LogP contribution < -0.4 is 19.5 Å². The number of carbonyl (C=O) groups excluding carboxylic acids is 2. The number of rotatable bonds is 11. The van der Waals surface area contributed by atoms with Gasteiger partial charge < -0.3 is 23.3 Å². The van der Waals surface area contributed by atoms with Gasteiger partial charge in [0.1, 0.15) is 16.8 Å². The number of carbonyl (C=O) groups is 2. The van der Waals surface area contributed by atoms with Crippen LogP contribution >= 0.6 is 7.60 Å². The summed E-state index contributed by atoms with van der Waals surface area (Å²) in [6.45, 7) is 12.5. The van der Waals surface area contributed by atoms with E-state index in [1.165, 1.54) is 6.07 Å². The highest BCUT2D eigenvalue weighted by atomic mass is 31.2. The molecule has 9 heteroatoms. The van der Waals surface area contributed by atoms with E-state index < -0.39 is 19.5 Å². The maximum atomic E-state index is 13.6. The van der Waals surface area contributed by atoms with E-state index in [-0.39, 0.29) is 30.0 Å². The molecule has 2 aromatic carbocycles. The molecule has 0 N–H and O–H groups in total. The van der Waals surface area contributed by atoms with E-state index in [0.29, 0.717) is 23.1 Å². The molecule has 0 aliphatic heterocycles. The molecule has 0 aliphatic rings. The van der Waals surface area contributed by atoms with Gasteiger partial charge in [-0.05, 0) is 39.0 Å². The zero-order chi connectivity index (χ0) is 23.0. The molecule has 0 fully saturated rings. The third-order valence-electron chi connectivity index (χ3n) is 3.95. The average molecular weight is 448 g/mol. The first-order valence-corrected chi connectivity index (χ1v) is 11.2. The first-order valence-electron chi connectivity index (χ1n) is 9.65. The summed E-state index contributed by atoms with van der Waals surface area (Å²) in [5.41, 5.74) is 0. The fourth-order valence-electron chi connectivity index (χ4n) is 2.79. The van der Waals surface area contributed by atoms with E-state index in [2.05, 4.69) is 13.2 Å². The summed E-state index contributed by atoms with van der Waals surface area (Å²) in [6, 6.07) is 6.17. The standard InChI is InChI=1S/C22H25O8P/c1-6-20(23)29-18-14-19(31(25,27-9-4)28-10-5)22(30-21(24)7-2)16-12-11-15(26-8-3)13-17(16)18/h6-7,11-14H,1-2,8-10H2,3-5H3. The first-order chi connectivity index (χ1) is 14.8. The Bertz CT molecular complexity index is 1030. The summed E-state index contributed by atoms with van der Waals surface area (Å²) in [6.07, 6.45) is 1.97. The topological polar surface area (TPSA) is 97.4 Å². The molecule has 0 aliphatic carbocycles. The van der Waals surface area contributed by atoms with Gasteiger partial charge in [0.25, 0.3) is 0 Å². The Kier molecular flexibility index (Phi) is 8.56. The molecule has 0 saturated heterocycles. The number of hydrogen-bond donors (Lipinski definition) is 0. The van der Waals surface area contributed by atoms with Gasteiger partial charge in [-0.15, -0.1) is 0 Å². The van der Waals surface area contributed by atoms with Crippen LogP contribution in [0.25, 0.3) is 10.8 Å². The first kappa shape index (κ1) is 24.3. The van der Waals surface area contributed by atoms with Crippen molar-refractivity contribution in [1.29, 1.82) is 0 Å². The van der Waals surface area contributed by atoms with Gasteiger partial charge in [0.15, 0.2) is 5.75 Å². The Morgan fingerprint density at radius 3 is 2.06 bits per heavy atom. The van der Waals surface area contributed by atoms with Crippen LogP contribution in [0.4, 0.5) is 0 Å². The van der Waals surface area contributed by atoms with Gasteiger partial charge in [-0.3, -0.25) is 4.57 Å². The monoisotopic (exact) mass is 448 g/mol. The van der Waals surface area contributed by atoms with Crippen LogP contribution in [0.2, 0.25) is 0 Å². The van der Waals surface area contributed by atoms with Crippen LogP contribution in [-0.4, -0.2) is 31.8 Å². The third-order valence-corrected chi connectivity index (χ3v) is 6.07. The lowest BCUT2D eigenvalue weighted by molar-refractivity contribution is -0.129. The van der Waals surface area contributed by atoms with Crippen molar-refractivity contribution in [3.8, 4) is 17.2 Å². The molecule has 0 saturated carbocycles. The molecule has 2 aromatic rings. The minimum atomic E-state index is -3.94.